The Morgan fingerprint density at radius 2 is 1.87 bits per heavy atom. The Hall–Kier alpha value is -2.84. The van der Waals surface area contributed by atoms with Crippen LogP contribution in [0.5, 0.6) is 0 Å². The van der Waals surface area contributed by atoms with Crippen LogP contribution in [-0.2, 0) is 21.4 Å². The second kappa shape index (κ2) is 9.53. The second-order valence-electron chi connectivity index (χ2n) is 7.15. The number of hydrogen-bond donors (Lipinski definition) is 1. The predicted octanol–water partition coefficient (Wildman–Crippen LogP) is 3.70. The van der Waals surface area contributed by atoms with E-state index >= 15 is 0 Å². The van der Waals surface area contributed by atoms with Crippen molar-refractivity contribution in [2.45, 2.75) is 32.9 Å². The summed E-state index contributed by atoms with van der Waals surface area (Å²) in [5.74, 6) is 0.455. The normalized spacial score (nSPS) is 12.4. The van der Waals surface area contributed by atoms with Crippen LogP contribution in [0, 0.1) is 6.92 Å². The molecule has 0 aliphatic heterocycles. The van der Waals surface area contributed by atoms with Crippen molar-refractivity contribution in [3.63, 3.8) is 0 Å². The van der Waals surface area contributed by atoms with Gasteiger partial charge in [0.2, 0.25) is 15.9 Å². The summed E-state index contributed by atoms with van der Waals surface area (Å²) in [6, 6.07) is 13.2. The zero-order chi connectivity index (χ0) is 22.6. The SMILES string of the molecule is CC[C@@H](C(=O)NCc1ccccc1-n1ccnc1C)N(c1ccc(Cl)cc1)S(C)(=O)=O. The van der Waals surface area contributed by atoms with E-state index < -0.39 is 16.1 Å². The van der Waals surface area contributed by atoms with E-state index in [-0.39, 0.29) is 12.5 Å². The van der Waals surface area contributed by atoms with E-state index in [1.807, 2.05) is 42.0 Å². The van der Waals surface area contributed by atoms with Gasteiger partial charge in [-0.2, -0.15) is 0 Å². The highest BCUT2D eigenvalue weighted by Gasteiger charge is 2.31. The summed E-state index contributed by atoms with van der Waals surface area (Å²) in [4.78, 5) is 17.3. The second-order valence-corrected chi connectivity index (χ2v) is 9.45. The zero-order valence-electron chi connectivity index (χ0n) is 17.6. The molecule has 0 aliphatic rings. The quantitative estimate of drug-likeness (QED) is 0.555. The van der Waals surface area contributed by atoms with Gasteiger partial charge < -0.3 is 9.88 Å². The van der Waals surface area contributed by atoms with Crippen LogP contribution in [0.25, 0.3) is 5.69 Å². The van der Waals surface area contributed by atoms with Crippen molar-refractivity contribution in [3.05, 3.63) is 77.3 Å². The molecular weight excluding hydrogens is 436 g/mol. The summed E-state index contributed by atoms with van der Waals surface area (Å²) in [6.45, 7) is 3.93. The predicted molar refractivity (Wildman–Crippen MR) is 123 cm³/mol. The molecule has 0 saturated carbocycles. The molecule has 164 valence electrons. The highest BCUT2D eigenvalue weighted by atomic mass is 35.5. The summed E-state index contributed by atoms with van der Waals surface area (Å²) >= 11 is 5.94. The number of hydrogen-bond acceptors (Lipinski definition) is 4. The highest BCUT2D eigenvalue weighted by molar-refractivity contribution is 7.92. The van der Waals surface area contributed by atoms with Gasteiger partial charge in [-0.15, -0.1) is 0 Å². The summed E-state index contributed by atoms with van der Waals surface area (Å²) in [7, 11) is -3.70. The van der Waals surface area contributed by atoms with Crippen LogP contribution in [0.15, 0.2) is 60.9 Å². The molecule has 0 spiro atoms. The number of amides is 1. The van der Waals surface area contributed by atoms with Crippen molar-refractivity contribution < 1.29 is 13.2 Å². The monoisotopic (exact) mass is 460 g/mol. The smallest absolute Gasteiger partial charge is 0.244 e. The van der Waals surface area contributed by atoms with Crippen molar-refractivity contribution in [2.24, 2.45) is 0 Å². The first-order valence-corrected chi connectivity index (χ1v) is 12.1. The number of imidazole rings is 1. The zero-order valence-corrected chi connectivity index (χ0v) is 19.2. The van der Waals surface area contributed by atoms with Gasteiger partial charge in [-0.05, 0) is 49.2 Å². The van der Waals surface area contributed by atoms with E-state index in [2.05, 4.69) is 10.3 Å². The number of aryl methyl sites for hydroxylation is 1. The number of aromatic nitrogens is 2. The van der Waals surface area contributed by atoms with Crippen molar-refractivity contribution in [3.8, 4) is 5.69 Å². The largest absolute Gasteiger partial charge is 0.350 e. The van der Waals surface area contributed by atoms with Crippen LogP contribution in [0.1, 0.15) is 24.7 Å². The van der Waals surface area contributed by atoms with Crippen LogP contribution in [0.3, 0.4) is 0 Å². The molecule has 0 fully saturated rings. The molecule has 1 atom stereocenters. The molecule has 0 unspecified atom stereocenters. The Balaban J connectivity index is 1.85. The first-order chi connectivity index (χ1) is 14.7. The fourth-order valence-electron chi connectivity index (χ4n) is 3.48. The number of sulfonamides is 1. The van der Waals surface area contributed by atoms with Crippen LogP contribution >= 0.6 is 11.6 Å². The first kappa shape index (κ1) is 22.8. The van der Waals surface area contributed by atoms with Gasteiger partial charge in [-0.1, -0.05) is 36.7 Å². The molecule has 31 heavy (non-hydrogen) atoms. The summed E-state index contributed by atoms with van der Waals surface area (Å²) in [5.41, 5.74) is 2.19. The lowest BCUT2D eigenvalue weighted by Crippen LogP contribution is -2.49. The number of benzene rings is 2. The number of anilines is 1. The highest BCUT2D eigenvalue weighted by Crippen LogP contribution is 2.24. The van der Waals surface area contributed by atoms with Gasteiger partial charge in [0.05, 0.1) is 17.6 Å². The van der Waals surface area contributed by atoms with Crippen molar-refractivity contribution >= 4 is 33.2 Å². The van der Waals surface area contributed by atoms with E-state index in [4.69, 9.17) is 11.6 Å². The number of halogens is 1. The molecule has 9 heteroatoms. The molecule has 3 aromatic rings. The third kappa shape index (κ3) is 5.26. The Labute approximate surface area is 187 Å². The van der Waals surface area contributed by atoms with Gasteiger partial charge in [0.1, 0.15) is 11.9 Å². The fourth-order valence-corrected chi connectivity index (χ4v) is 4.81. The van der Waals surface area contributed by atoms with Crippen LogP contribution < -0.4 is 9.62 Å². The molecule has 2 aromatic carbocycles. The van der Waals surface area contributed by atoms with Gasteiger partial charge in [0, 0.05) is 24.0 Å². The maximum absolute atomic E-state index is 13.1. The standard InChI is InChI=1S/C22H25ClN4O3S/c1-4-20(27(31(3,29)30)19-11-9-18(23)10-12-19)22(28)25-15-17-7-5-6-8-21(17)26-14-13-24-16(26)2/h5-14,20H,4,15H2,1-3H3,(H,25,28)/t20-/m0/s1. The maximum atomic E-state index is 13.1. The molecule has 1 N–H and O–H groups in total. The lowest BCUT2D eigenvalue weighted by Gasteiger charge is -2.30. The van der Waals surface area contributed by atoms with Gasteiger partial charge >= 0.3 is 0 Å². The van der Waals surface area contributed by atoms with Crippen LogP contribution in [-0.4, -0.2) is 36.2 Å². The Morgan fingerprint density at radius 1 is 1.19 bits per heavy atom. The minimum atomic E-state index is -3.70. The molecule has 3 rings (SSSR count). The Bertz CT molecular complexity index is 1160. The molecule has 0 aliphatic carbocycles. The van der Waals surface area contributed by atoms with Gasteiger partial charge in [0.25, 0.3) is 0 Å². The van der Waals surface area contributed by atoms with E-state index in [1.165, 1.54) is 0 Å². The number of para-hydroxylation sites is 1. The number of rotatable bonds is 8. The summed E-state index contributed by atoms with van der Waals surface area (Å²) < 4.78 is 28.2. The molecule has 0 radical (unpaired) electrons. The molecule has 1 aromatic heterocycles. The Morgan fingerprint density at radius 3 is 2.45 bits per heavy atom. The van der Waals surface area contributed by atoms with Crippen molar-refractivity contribution in [1.29, 1.82) is 0 Å². The number of carbonyl (C=O) groups is 1. The molecule has 0 bridgehead atoms. The number of nitrogens with zero attached hydrogens (tertiary/aromatic N) is 3. The van der Waals surface area contributed by atoms with Gasteiger partial charge in [-0.3, -0.25) is 9.10 Å². The van der Waals surface area contributed by atoms with E-state index in [1.54, 1.807) is 37.4 Å². The van der Waals surface area contributed by atoms with E-state index in [0.717, 1.165) is 27.6 Å². The average molecular weight is 461 g/mol. The third-order valence-corrected chi connectivity index (χ3v) is 6.37. The van der Waals surface area contributed by atoms with Gasteiger partial charge in [-0.25, -0.2) is 13.4 Å². The topological polar surface area (TPSA) is 84.3 Å². The lowest BCUT2D eigenvalue weighted by molar-refractivity contribution is -0.122. The minimum Gasteiger partial charge on any atom is -0.350 e. The molecule has 7 nitrogen and oxygen atoms in total. The fraction of sp³-hybridized carbons (Fsp3) is 0.273. The van der Waals surface area contributed by atoms with Crippen LogP contribution in [0.2, 0.25) is 5.02 Å². The molecular formula is C22H25ClN4O3S. The van der Waals surface area contributed by atoms with E-state index in [9.17, 15) is 13.2 Å². The minimum absolute atomic E-state index is 0.251. The maximum Gasteiger partial charge on any atom is 0.244 e. The number of carbonyl (C=O) groups excluding carboxylic acids is 1. The lowest BCUT2D eigenvalue weighted by atomic mass is 10.1. The number of nitrogens with one attached hydrogen (secondary N) is 1. The summed E-state index contributed by atoms with van der Waals surface area (Å²) in [6.07, 6.45) is 4.98. The molecule has 1 heterocycles. The molecule has 0 saturated heterocycles. The molecule has 1 amide bonds. The van der Waals surface area contributed by atoms with Crippen molar-refractivity contribution in [2.75, 3.05) is 10.6 Å². The van der Waals surface area contributed by atoms with Crippen molar-refractivity contribution in [1.82, 2.24) is 14.9 Å². The van der Waals surface area contributed by atoms with Gasteiger partial charge in [0.15, 0.2) is 0 Å². The van der Waals surface area contributed by atoms with Crippen LogP contribution in [0.4, 0.5) is 5.69 Å². The average Bonchev–Trinajstić information content (AvgIpc) is 3.16. The third-order valence-electron chi connectivity index (χ3n) is 4.94. The Kier molecular flexibility index (Phi) is 7.02. The first-order valence-electron chi connectivity index (χ1n) is 9.83. The van der Waals surface area contributed by atoms with E-state index in [0.29, 0.717) is 17.1 Å². The summed E-state index contributed by atoms with van der Waals surface area (Å²) in [5, 5.41) is 3.39.